The van der Waals surface area contributed by atoms with Gasteiger partial charge in [-0.2, -0.15) is 5.26 Å². The Morgan fingerprint density at radius 3 is 2.59 bits per heavy atom. The maximum atomic E-state index is 12.4. The fourth-order valence-electron chi connectivity index (χ4n) is 2.70. The maximum Gasteiger partial charge on any atom is 0.266 e. The highest BCUT2D eigenvalue weighted by molar-refractivity contribution is 14.1. The minimum Gasteiger partial charge on any atom is -0.488 e. The van der Waals surface area contributed by atoms with Crippen LogP contribution in [0.5, 0.6) is 5.75 Å². The van der Waals surface area contributed by atoms with E-state index in [0.717, 1.165) is 26.0 Å². The van der Waals surface area contributed by atoms with Gasteiger partial charge in [0.2, 0.25) is 0 Å². The van der Waals surface area contributed by atoms with Crippen LogP contribution in [0.2, 0.25) is 0 Å². The van der Waals surface area contributed by atoms with Crippen molar-refractivity contribution in [1.82, 2.24) is 0 Å². The van der Waals surface area contributed by atoms with Crippen LogP contribution in [0.1, 0.15) is 16.7 Å². The highest BCUT2D eigenvalue weighted by Gasteiger charge is 2.10. The van der Waals surface area contributed by atoms with Gasteiger partial charge in [0.15, 0.2) is 0 Å². The average Bonchev–Trinajstić information content (AvgIpc) is 2.72. The first-order valence-electron chi connectivity index (χ1n) is 9.01. The number of hydrogen-bond acceptors (Lipinski definition) is 3. The van der Waals surface area contributed by atoms with Gasteiger partial charge in [-0.25, -0.2) is 0 Å². The third kappa shape index (κ3) is 5.93. The molecular weight excluding hydrogens is 475 g/mol. The third-order valence-corrected chi connectivity index (χ3v) is 4.99. The molecule has 0 atom stereocenters. The summed E-state index contributed by atoms with van der Waals surface area (Å²) in [6.45, 7) is 2.43. The van der Waals surface area contributed by atoms with Gasteiger partial charge in [-0.05, 0) is 76.5 Å². The number of nitrogens with zero attached hydrogens (tertiary/aromatic N) is 1. The number of rotatable bonds is 6. The van der Waals surface area contributed by atoms with E-state index in [0.29, 0.717) is 12.3 Å². The number of aryl methyl sites for hydroxylation is 1. The Bertz CT molecular complexity index is 1090. The first-order valence-corrected chi connectivity index (χ1v) is 10.1. The first kappa shape index (κ1) is 20.6. The highest BCUT2D eigenvalue weighted by atomic mass is 127. The average molecular weight is 494 g/mol. The van der Waals surface area contributed by atoms with E-state index in [9.17, 15) is 10.1 Å². The second-order valence-electron chi connectivity index (χ2n) is 6.46. The Kier molecular flexibility index (Phi) is 7.04. The number of halogens is 1. The minimum absolute atomic E-state index is 0.0419. The van der Waals surface area contributed by atoms with Gasteiger partial charge < -0.3 is 10.1 Å². The largest absolute Gasteiger partial charge is 0.488 e. The molecule has 0 aliphatic carbocycles. The summed E-state index contributed by atoms with van der Waals surface area (Å²) in [7, 11) is 0. The number of anilines is 1. The summed E-state index contributed by atoms with van der Waals surface area (Å²) >= 11 is 2.19. The number of hydrogen-bond donors (Lipinski definition) is 1. The van der Waals surface area contributed by atoms with Gasteiger partial charge in [-0.1, -0.05) is 48.5 Å². The van der Waals surface area contributed by atoms with E-state index in [1.165, 1.54) is 0 Å². The number of carbonyl (C=O) groups is 1. The molecule has 0 aromatic heterocycles. The summed E-state index contributed by atoms with van der Waals surface area (Å²) in [5.41, 5.74) is 3.59. The van der Waals surface area contributed by atoms with Crippen molar-refractivity contribution in [1.29, 1.82) is 5.26 Å². The molecule has 5 heteroatoms. The molecule has 0 saturated heterocycles. The lowest BCUT2D eigenvalue weighted by molar-refractivity contribution is -0.112. The van der Waals surface area contributed by atoms with Crippen LogP contribution in [0.25, 0.3) is 6.08 Å². The van der Waals surface area contributed by atoms with Crippen molar-refractivity contribution >= 4 is 40.3 Å². The second-order valence-corrected chi connectivity index (χ2v) is 7.62. The van der Waals surface area contributed by atoms with Crippen molar-refractivity contribution in [3.8, 4) is 11.8 Å². The van der Waals surface area contributed by atoms with Crippen molar-refractivity contribution in [3.63, 3.8) is 0 Å². The number of ether oxygens (including phenoxy) is 1. The van der Waals surface area contributed by atoms with E-state index < -0.39 is 5.91 Å². The van der Waals surface area contributed by atoms with E-state index in [1.54, 1.807) is 12.1 Å². The molecule has 4 nitrogen and oxygen atoms in total. The fraction of sp³-hybridized carbons (Fsp3) is 0.0833. The van der Waals surface area contributed by atoms with Gasteiger partial charge in [-0.3, -0.25) is 4.79 Å². The van der Waals surface area contributed by atoms with Crippen molar-refractivity contribution < 1.29 is 9.53 Å². The SMILES string of the molecule is Cc1cccc(NC(=O)/C(C#N)=C\c2ccc(OCc3ccccc3)c(I)c2)c1. The van der Waals surface area contributed by atoms with Crippen LogP contribution < -0.4 is 10.1 Å². The molecule has 0 spiro atoms. The number of nitriles is 1. The van der Waals surface area contributed by atoms with Crippen LogP contribution in [-0.4, -0.2) is 5.91 Å². The molecule has 3 rings (SSSR count). The Balaban J connectivity index is 1.71. The summed E-state index contributed by atoms with van der Waals surface area (Å²) in [4.78, 5) is 12.4. The highest BCUT2D eigenvalue weighted by Crippen LogP contribution is 2.24. The molecular formula is C24H19IN2O2. The summed E-state index contributed by atoms with van der Waals surface area (Å²) < 4.78 is 6.78. The van der Waals surface area contributed by atoms with E-state index in [-0.39, 0.29) is 5.57 Å². The number of carbonyl (C=O) groups excluding carboxylic acids is 1. The molecule has 0 aliphatic heterocycles. The number of benzene rings is 3. The molecule has 1 amide bonds. The van der Waals surface area contributed by atoms with Crippen LogP contribution in [0.15, 0.2) is 78.4 Å². The van der Waals surface area contributed by atoms with Crippen LogP contribution in [0, 0.1) is 21.8 Å². The van der Waals surface area contributed by atoms with Crippen LogP contribution >= 0.6 is 22.6 Å². The standard InChI is InChI=1S/C24H19IN2O2/c1-17-6-5-9-21(12-17)27-24(28)20(15-26)13-19-10-11-23(22(25)14-19)29-16-18-7-3-2-4-8-18/h2-14H,16H2,1H3,(H,27,28)/b20-13-. The molecule has 0 heterocycles. The lowest BCUT2D eigenvalue weighted by Crippen LogP contribution is -2.13. The van der Waals surface area contributed by atoms with Gasteiger partial charge in [0.05, 0.1) is 3.57 Å². The summed E-state index contributed by atoms with van der Waals surface area (Å²) in [5.74, 6) is 0.326. The van der Waals surface area contributed by atoms with E-state index in [4.69, 9.17) is 4.74 Å². The monoisotopic (exact) mass is 494 g/mol. The maximum absolute atomic E-state index is 12.4. The van der Waals surface area contributed by atoms with Gasteiger partial charge in [0.1, 0.15) is 24.0 Å². The van der Waals surface area contributed by atoms with Crippen molar-refractivity contribution in [2.45, 2.75) is 13.5 Å². The quantitative estimate of drug-likeness (QED) is 0.271. The zero-order chi connectivity index (χ0) is 20.6. The number of nitrogens with one attached hydrogen (secondary N) is 1. The topological polar surface area (TPSA) is 62.1 Å². The molecule has 0 aliphatic rings. The molecule has 0 radical (unpaired) electrons. The Morgan fingerprint density at radius 2 is 1.90 bits per heavy atom. The van der Waals surface area contributed by atoms with E-state index >= 15 is 0 Å². The van der Waals surface area contributed by atoms with Gasteiger partial charge in [0, 0.05) is 5.69 Å². The molecule has 0 bridgehead atoms. The predicted octanol–water partition coefficient (Wildman–Crippen LogP) is 5.72. The molecule has 144 valence electrons. The van der Waals surface area contributed by atoms with Crippen molar-refractivity contribution in [2.24, 2.45) is 0 Å². The Labute approximate surface area is 184 Å². The summed E-state index contributed by atoms with van der Waals surface area (Å²) in [5, 5.41) is 12.2. The first-order chi connectivity index (χ1) is 14.0. The molecule has 0 unspecified atom stereocenters. The van der Waals surface area contributed by atoms with Gasteiger partial charge in [-0.15, -0.1) is 0 Å². The zero-order valence-corrected chi connectivity index (χ0v) is 18.0. The molecule has 3 aromatic rings. The van der Waals surface area contributed by atoms with Crippen molar-refractivity contribution in [3.05, 3.63) is 98.6 Å². The molecule has 29 heavy (non-hydrogen) atoms. The van der Waals surface area contributed by atoms with Gasteiger partial charge >= 0.3 is 0 Å². The van der Waals surface area contributed by atoms with Crippen molar-refractivity contribution in [2.75, 3.05) is 5.32 Å². The molecule has 0 saturated carbocycles. The lowest BCUT2D eigenvalue weighted by Gasteiger charge is -2.09. The molecule has 1 N–H and O–H groups in total. The van der Waals surface area contributed by atoms with E-state index in [2.05, 4.69) is 27.9 Å². The molecule has 3 aromatic carbocycles. The third-order valence-electron chi connectivity index (χ3n) is 4.15. The van der Waals surface area contributed by atoms with E-state index in [1.807, 2.05) is 79.7 Å². The van der Waals surface area contributed by atoms with Crippen LogP contribution in [0.3, 0.4) is 0 Å². The zero-order valence-electron chi connectivity index (χ0n) is 15.9. The fourth-order valence-corrected chi connectivity index (χ4v) is 3.39. The van der Waals surface area contributed by atoms with Crippen LogP contribution in [0.4, 0.5) is 5.69 Å². The normalized spacial score (nSPS) is 10.9. The Morgan fingerprint density at radius 1 is 1.10 bits per heavy atom. The summed E-state index contributed by atoms with van der Waals surface area (Å²) in [6, 6.07) is 24.9. The Hall–Kier alpha value is -3.11. The molecule has 0 fully saturated rings. The number of amides is 1. The lowest BCUT2D eigenvalue weighted by atomic mass is 10.1. The predicted molar refractivity (Wildman–Crippen MR) is 123 cm³/mol. The minimum atomic E-state index is -0.433. The smallest absolute Gasteiger partial charge is 0.266 e. The van der Waals surface area contributed by atoms with Crippen LogP contribution in [-0.2, 0) is 11.4 Å². The summed E-state index contributed by atoms with van der Waals surface area (Å²) in [6.07, 6.45) is 1.58. The second kappa shape index (κ2) is 9.89. The van der Waals surface area contributed by atoms with Gasteiger partial charge in [0.25, 0.3) is 5.91 Å².